The third-order valence-corrected chi connectivity index (χ3v) is 3.14. The molecular formula is C22H32N2O2. The van der Waals surface area contributed by atoms with Crippen molar-refractivity contribution in [3.05, 3.63) is 58.7 Å². The molecule has 26 heavy (non-hydrogen) atoms. The van der Waals surface area contributed by atoms with Crippen molar-refractivity contribution in [2.24, 2.45) is 0 Å². The molecule has 0 amide bonds. The standard InChI is InChI=1S/C14H10N2O2.2C3H8.C2H6/c15-9-5-6-10(16)12-11(9)13(17)7-3-1-2-4-8(7)14(12)18;2*1-3-2;1-2/h1-6H,15-16H2;2*3H2,1-2H3;1-2H3. The fourth-order valence-corrected chi connectivity index (χ4v) is 2.27. The predicted octanol–water partition coefficient (Wildman–Crippen LogP) is 5.49. The van der Waals surface area contributed by atoms with Crippen molar-refractivity contribution in [1.29, 1.82) is 0 Å². The molecule has 2 aromatic carbocycles. The van der Waals surface area contributed by atoms with Crippen LogP contribution in [0, 0.1) is 0 Å². The van der Waals surface area contributed by atoms with Gasteiger partial charge in [0.2, 0.25) is 0 Å². The van der Waals surface area contributed by atoms with Crippen LogP contribution in [0.3, 0.4) is 0 Å². The van der Waals surface area contributed by atoms with Gasteiger partial charge in [0, 0.05) is 22.5 Å². The Morgan fingerprint density at radius 3 is 1.19 bits per heavy atom. The minimum Gasteiger partial charge on any atom is -0.398 e. The average Bonchev–Trinajstić information content (AvgIpc) is 2.64. The van der Waals surface area contributed by atoms with Crippen molar-refractivity contribution >= 4 is 22.9 Å². The van der Waals surface area contributed by atoms with Crippen molar-refractivity contribution < 1.29 is 9.59 Å². The van der Waals surface area contributed by atoms with E-state index in [0.717, 1.165) is 0 Å². The Morgan fingerprint density at radius 1 is 0.654 bits per heavy atom. The minimum atomic E-state index is -0.245. The van der Waals surface area contributed by atoms with Gasteiger partial charge in [-0.15, -0.1) is 0 Å². The van der Waals surface area contributed by atoms with Gasteiger partial charge in [0.05, 0.1) is 11.1 Å². The van der Waals surface area contributed by atoms with E-state index >= 15 is 0 Å². The molecule has 1 aliphatic carbocycles. The van der Waals surface area contributed by atoms with Crippen LogP contribution in [-0.4, -0.2) is 11.6 Å². The summed E-state index contributed by atoms with van der Waals surface area (Å²) in [6.45, 7) is 12.5. The Hall–Kier alpha value is -2.62. The summed E-state index contributed by atoms with van der Waals surface area (Å²) < 4.78 is 0. The van der Waals surface area contributed by atoms with E-state index in [2.05, 4.69) is 27.7 Å². The molecule has 4 heteroatoms. The van der Waals surface area contributed by atoms with Gasteiger partial charge in [-0.2, -0.15) is 0 Å². The Kier molecular flexibility index (Phi) is 10.7. The molecule has 0 saturated carbocycles. The van der Waals surface area contributed by atoms with E-state index in [-0.39, 0.29) is 34.1 Å². The Bertz CT molecular complexity index is 675. The summed E-state index contributed by atoms with van der Waals surface area (Å²) in [6, 6.07) is 9.79. The molecule has 142 valence electrons. The van der Waals surface area contributed by atoms with E-state index in [9.17, 15) is 9.59 Å². The van der Waals surface area contributed by atoms with Gasteiger partial charge in [-0.25, -0.2) is 0 Å². The number of nitrogens with two attached hydrogens (primary N) is 2. The third-order valence-electron chi connectivity index (χ3n) is 3.14. The Morgan fingerprint density at radius 2 is 0.923 bits per heavy atom. The molecule has 3 rings (SSSR count). The zero-order valence-electron chi connectivity index (χ0n) is 16.8. The maximum absolute atomic E-state index is 12.3. The highest BCUT2D eigenvalue weighted by Gasteiger charge is 2.32. The molecule has 0 saturated heterocycles. The van der Waals surface area contributed by atoms with Crippen molar-refractivity contribution in [1.82, 2.24) is 0 Å². The lowest BCUT2D eigenvalue weighted by atomic mass is 9.82. The van der Waals surface area contributed by atoms with Crippen LogP contribution in [0.25, 0.3) is 0 Å². The molecule has 0 aromatic heterocycles. The number of anilines is 2. The summed E-state index contributed by atoms with van der Waals surface area (Å²) in [6.07, 6.45) is 2.50. The largest absolute Gasteiger partial charge is 0.398 e. The van der Waals surface area contributed by atoms with Gasteiger partial charge >= 0.3 is 0 Å². The summed E-state index contributed by atoms with van der Waals surface area (Å²) in [5.74, 6) is -0.491. The minimum absolute atomic E-state index is 0.221. The summed E-state index contributed by atoms with van der Waals surface area (Å²) in [5.41, 5.74) is 13.4. The second kappa shape index (κ2) is 11.9. The lowest BCUT2D eigenvalue weighted by molar-refractivity contribution is 0.0980. The summed E-state index contributed by atoms with van der Waals surface area (Å²) in [7, 11) is 0. The van der Waals surface area contributed by atoms with Crippen LogP contribution in [0.5, 0.6) is 0 Å². The topological polar surface area (TPSA) is 86.2 Å². The van der Waals surface area contributed by atoms with Gasteiger partial charge in [-0.3, -0.25) is 9.59 Å². The van der Waals surface area contributed by atoms with Gasteiger partial charge in [0.25, 0.3) is 0 Å². The van der Waals surface area contributed by atoms with Crippen molar-refractivity contribution in [3.8, 4) is 0 Å². The summed E-state index contributed by atoms with van der Waals surface area (Å²) in [4.78, 5) is 24.7. The van der Waals surface area contributed by atoms with E-state index in [1.807, 2.05) is 13.8 Å². The van der Waals surface area contributed by atoms with Crippen LogP contribution in [0.1, 0.15) is 86.2 Å². The van der Waals surface area contributed by atoms with E-state index in [1.165, 1.54) is 12.8 Å². The number of hydrogen-bond donors (Lipinski definition) is 2. The van der Waals surface area contributed by atoms with Crippen LogP contribution < -0.4 is 11.5 Å². The Balaban J connectivity index is 0.000000679. The van der Waals surface area contributed by atoms with Crippen molar-refractivity contribution in [2.45, 2.75) is 54.4 Å². The molecule has 0 fully saturated rings. The van der Waals surface area contributed by atoms with Gasteiger partial charge < -0.3 is 11.5 Å². The molecule has 2 aromatic rings. The lowest BCUT2D eigenvalue weighted by Gasteiger charge is -2.20. The normalized spacial score (nSPS) is 10.7. The Labute approximate surface area is 157 Å². The average molecular weight is 357 g/mol. The second-order valence-corrected chi connectivity index (χ2v) is 5.61. The molecule has 0 heterocycles. The summed E-state index contributed by atoms with van der Waals surface area (Å²) in [5, 5.41) is 0. The SMILES string of the molecule is CC.CCC.CCC.Nc1ccc(N)c2c1C(=O)c1ccccc1C2=O. The molecule has 0 unspecified atom stereocenters. The first kappa shape index (κ1) is 23.4. The smallest absolute Gasteiger partial charge is 0.196 e. The fraction of sp³-hybridized carbons (Fsp3) is 0.364. The molecule has 0 atom stereocenters. The maximum Gasteiger partial charge on any atom is 0.196 e. The van der Waals surface area contributed by atoms with Crippen LogP contribution >= 0.6 is 0 Å². The monoisotopic (exact) mass is 356 g/mol. The first-order valence-electron chi connectivity index (χ1n) is 9.30. The van der Waals surface area contributed by atoms with Crippen LogP contribution in [-0.2, 0) is 0 Å². The second-order valence-electron chi connectivity index (χ2n) is 5.61. The van der Waals surface area contributed by atoms with Gasteiger partial charge in [-0.05, 0) is 12.1 Å². The number of ketones is 2. The van der Waals surface area contributed by atoms with Crippen molar-refractivity contribution in [3.63, 3.8) is 0 Å². The number of carbonyl (C=O) groups is 2. The van der Waals surface area contributed by atoms with E-state index in [4.69, 9.17) is 11.5 Å². The van der Waals surface area contributed by atoms with Gasteiger partial charge in [-0.1, -0.05) is 78.6 Å². The number of nitrogen functional groups attached to an aromatic ring is 2. The molecule has 0 radical (unpaired) electrons. The number of fused-ring (bicyclic) bond motifs is 2. The van der Waals surface area contributed by atoms with Crippen molar-refractivity contribution in [2.75, 3.05) is 11.5 Å². The van der Waals surface area contributed by atoms with Gasteiger partial charge in [0.1, 0.15) is 0 Å². The van der Waals surface area contributed by atoms with Gasteiger partial charge in [0.15, 0.2) is 11.6 Å². The predicted molar refractivity (Wildman–Crippen MR) is 112 cm³/mol. The fourth-order valence-electron chi connectivity index (χ4n) is 2.27. The van der Waals surface area contributed by atoms with Crippen LogP contribution in [0.4, 0.5) is 11.4 Å². The molecule has 0 spiro atoms. The highest BCUT2D eigenvalue weighted by Crippen LogP contribution is 2.33. The first-order valence-corrected chi connectivity index (χ1v) is 9.30. The first-order chi connectivity index (χ1) is 12.4. The molecule has 0 aliphatic heterocycles. The number of rotatable bonds is 0. The zero-order chi connectivity index (χ0) is 20.3. The number of hydrogen-bond acceptors (Lipinski definition) is 4. The zero-order valence-corrected chi connectivity index (χ0v) is 16.8. The quantitative estimate of drug-likeness (QED) is 0.522. The maximum atomic E-state index is 12.3. The van der Waals surface area contributed by atoms with Crippen LogP contribution in [0.15, 0.2) is 36.4 Å². The van der Waals surface area contributed by atoms with E-state index in [0.29, 0.717) is 11.1 Å². The lowest BCUT2D eigenvalue weighted by Crippen LogP contribution is -2.23. The van der Waals surface area contributed by atoms with Crippen LogP contribution in [0.2, 0.25) is 0 Å². The van der Waals surface area contributed by atoms with E-state index < -0.39 is 0 Å². The highest BCUT2D eigenvalue weighted by atomic mass is 16.1. The highest BCUT2D eigenvalue weighted by molar-refractivity contribution is 6.31. The third kappa shape index (κ3) is 5.19. The molecule has 4 N–H and O–H groups in total. The van der Waals surface area contributed by atoms with E-state index in [1.54, 1.807) is 36.4 Å². The number of benzene rings is 2. The number of carbonyl (C=O) groups excluding carboxylic acids is 2. The molecule has 1 aliphatic rings. The molecule has 0 bridgehead atoms. The molecular weight excluding hydrogens is 324 g/mol. The summed E-state index contributed by atoms with van der Waals surface area (Å²) >= 11 is 0. The molecule has 4 nitrogen and oxygen atoms in total.